The van der Waals surface area contributed by atoms with Crippen LogP contribution in [0, 0.1) is 0 Å². The molecule has 6 nitrogen and oxygen atoms in total. The highest BCUT2D eigenvalue weighted by atomic mass is 79.9. The van der Waals surface area contributed by atoms with E-state index < -0.39 is 11.9 Å². The molecule has 1 saturated heterocycles. The molecule has 1 heterocycles. The van der Waals surface area contributed by atoms with Crippen molar-refractivity contribution in [3.63, 3.8) is 0 Å². The number of methoxy groups -OCH3 is 1. The predicted molar refractivity (Wildman–Crippen MR) is 97.8 cm³/mol. The summed E-state index contributed by atoms with van der Waals surface area (Å²) in [6.07, 6.45) is 1.50. The second-order valence-electron chi connectivity index (χ2n) is 5.15. The van der Waals surface area contributed by atoms with E-state index in [-0.39, 0.29) is 17.2 Å². The van der Waals surface area contributed by atoms with Crippen molar-refractivity contribution in [2.24, 2.45) is 0 Å². The summed E-state index contributed by atoms with van der Waals surface area (Å²) in [7, 11) is 1.42. The smallest absolute Gasteiger partial charge is 0.333 e. The van der Waals surface area contributed by atoms with Gasteiger partial charge in [0.2, 0.25) is 0 Å². The average molecular weight is 424 g/mol. The lowest BCUT2D eigenvalue weighted by molar-refractivity contribution is -0.113. The molecule has 0 aromatic heterocycles. The molecule has 128 valence electrons. The number of nitrogens with zero attached hydrogens (tertiary/aromatic N) is 1. The molecule has 2 N–H and O–H groups in total. The standard InChI is InChI=1S/C17H12BrClN2O4/c1-25-15-6-9(12(18)8-14(15)22)5-13-16(23)21(17(24)20-13)11-4-2-3-10(19)7-11/h2-8,22H,1H3,(H,20,24)/b13-5-. The zero-order chi connectivity index (χ0) is 18.1. The van der Waals surface area contributed by atoms with Gasteiger partial charge in [0, 0.05) is 9.50 Å². The number of carbonyl (C=O) groups is 2. The number of imide groups is 1. The van der Waals surface area contributed by atoms with Crippen LogP contribution in [0.4, 0.5) is 10.5 Å². The van der Waals surface area contributed by atoms with E-state index in [0.717, 1.165) is 4.90 Å². The first-order valence-corrected chi connectivity index (χ1v) is 8.27. The van der Waals surface area contributed by atoms with Crippen molar-refractivity contribution in [1.29, 1.82) is 0 Å². The largest absolute Gasteiger partial charge is 0.504 e. The van der Waals surface area contributed by atoms with Gasteiger partial charge in [-0.3, -0.25) is 4.79 Å². The molecule has 1 aliphatic rings. The summed E-state index contributed by atoms with van der Waals surface area (Å²) in [5.74, 6) is -0.302. The molecule has 0 atom stereocenters. The van der Waals surface area contributed by atoms with Crippen molar-refractivity contribution in [3.8, 4) is 11.5 Å². The fourth-order valence-electron chi connectivity index (χ4n) is 2.37. The average Bonchev–Trinajstić information content (AvgIpc) is 2.84. The number of hydrogen-bond acceptors (Lipinski definition) is 4. The first kappa shape index (κ1) is 17.3. The number of carbonyl (C=O) groups excluding carboxylic acids is 2. The molecule has 0 radical (unpaired) electrons. The topological polar surface area (TPSA) is 78.9 Å². The fraction of sp³-hybridized carbons (Fsp3) is 0.0588. The first-order valence-electron chi connectivity index (χ1n) is 7.10. The number of urea groups is 1. The molecule has 0 unspecified atom stereocenters. The highest BCUT2D eigenvalue weighted by molar-refractivity contribution is 9.10. The molecule has 25 heavy (non-hydrogen) atoms. The Kier molecular flexibility index (Phi) is 4.69. The number of hydrogen-bond donors (Lipinski definition) is 2. The summed E-state index contributed by atoms with van der Waals surface area (Å²) in [5.41, 5.74) is 1.03. The summed E-state index contributed by atoms with van der Waals surface area (Å²) in [4.78, 5) is 25.8. The molecular formula is C17H12BrClN2O4. The van der Waals surface area contributed by atoms with E-state index in [4.69, 9.17) is 16.3 Å². The van der Waals surface area contributed by atoms with Gasteiger partial charge in [-0.05, 0) is 42.0 Å². The number of nitrogens with one attached hydrogen (secondary N) is 1. The molecule has 0 saturated carbocycles. The molecule has 0 aliphatic carbocycles. The van der Waals surface area contributed by atoms with Crippen LogP contribution >= 0.6 is 27.5 Å². The van der Waals surface area contributed by atoms with Gasteiger partial charge in [0.25, 0.3) is 5.91 Å². The third kappa shape index (κ3) is 3.33. The first-order chi connectivity index (χ1) is 11.9. The minimum atomic E-state index is -0.569. The molecule has 2 aromatic carbocycles. The quantitative estimate of drug-likeness (QED) is 0.579. The highest BCUT2D eigenvalue weighted by Gasteiger charge is 2.35. The Morgan fingerprint density at radius 2 is 2.04 bits per heavy atom. The number of rotatable bonds is 3. The molecule has 0 bridgehead atoms. The normalized spacial score (nSPS) is 15.6. The Bertz CT molecular complexity index is 914. The number of phenols is 1. The van der Waals surface area contributed by atoms with Crippen molar-refractivity contribution < 1.29 is 19.4 Å². The lowest BCUT2D eigenvalue weighted by Crippen LogP contribution is -2.30. The maximum atomic E-state index is 12.6. The molecule has 3 amide bonds. The molecule has 3 rings (SSSR count). The molecule has 0 spiro atoms. The number of anilines is 1. The van der Waals surface area contributed by atoms with Gasteiger partial charge in [0.1, 0.15) is 5.70 Å². The van der Waals surface area contributed by atoms with Crippen LogP contribution in [0.2, 0.25) is 5.02 Å². The second-order valence-corrected chi connectivity index (χ2v) is 6.44. The van der Waals surface area contributed by atoms with Gasteiger partial charge in [0.05, 0.1) is 12.8 Å². The molecule has 1 aliphatic heterocycles. The van der Waals surface area contributed by atoms with Crippen molar-refractivity contribution in [1.82, 2.24) is 5.32 Å². The number of halogens is 2. The van der Waals surface area contributed by atoms with Gasteiger partial charge in [-0.1, -0.05) is 33.6 Å². The molecule has 2 aromatic rings. The maximum Gasteiger partial charge on any atom is 0.333 e. The van der Waals surface area contributed by atoms with E-state index in [2.05, 4.69) is 21.2 Å². The van der Waals surface area contributed by atoms with Crippen LogP contribution in [0.1, 0.15) is 5.56 Å². The fourth-order valence-corrected chi connectivity index (χ4v) is 3.00. The summed E-state index contributed by atoms with van der Waals surface area (Å²) >= 11 is 9.23. The van der Waals surface area contributed by atoms with Crippen LogP contribution in [-0.4, -0.2) is 24.2 Å². The van der Waals surface area contributed by atoms with Crippen LogP contribution in [-0.2, 0) is 4.79 Å². The zero-order valence-electron chi connectivity index (χ0n) is 12.9. The molecule has 8 heteroatoms. The summed E-state index contributed by atoms with van der Waals surface area (Å²) in [5, 5.41) is 12.7. The van der Waals surface area contributed by atoms with Crippen molar-refractivity contribution in [2.45, 2.75) is 0 Å². The number of amides is 3. The number of phenolic OH excluding ortho intramolecular Hbond substituents is 1. The minimum Gasteiger partial charge on any atom is -0.504 e. The van der Waals surface area contributed by atoms with E-state index in [1.54, 1.807) is 24.3 Å². The van der Waals surface area contributed by atoms with Gasteiger partial charge in [-0.25, -0.2) is 9.69 Å². The van der Waals surface area contributed by atoms with Crippen molar-refractivity contribution in [2.75, 3.05) is 12.0 Å². The summed E-state index contributed by atoms with van der Waals surface area (Å²) in [6, 6.07) is 8.88. The number of benzene rings is 2. The minimum absolute atomic E-state index is 0.0427. The van der Waals surface area contributed by atoms with Crippen LogP contribution in [0.5, 0.6) is 11.5 Å². The third-order valence-electron chi connectivity index (χ3n) is 3.54. The molecule has 1 fully saturated rings. The lowest BCUT2D eigenvalue weighted by Gasteiger charge is -2.11. The van der Waals surface area contributed by atoms with Gasteiger partial charge in [-0.15, -0.1) is 0 Å². The van der Waals surface area contributed by atoms with E-state index in [1.807, 2.05) is 0 Å². The maximum absolute atomic E-state index is 12.6. The Hall–Kier alpha value is -2.51. The number of aromatic hydroxyl groups is 1. The highest BCUT2D eigenvalue weighted by Crippen LogP contribution is 2.34. The summed E-state index contributed by atoms with van der Waals surface area (Å²) < 4.78 is 5.60. The monoisotopic (exact) mass is 422 g/mol. The predicted octanol–water partition coefficient (Wildman–Crippen LogP) is 3.91. The second kappa shape index (κ2) is 6.78. The van der Waals surface area contributed by atoms with Gasteiger partial charge >= 0.3 is 6.03 Å². The van der Waals surface area contributed by atoms with E-state index in [0.29, 0.717) is 20.7 Å². The Morgan fingerprint density at radius 1 is 1.28 bits per heavy atom. The van der Waals surface area contributed by atoms with Crippen LogP contribution in [0.3, 0.4) is 0 Å². The van der Waals surface area contributed by atoms with E-state index >= 15 is 0 Å². The number of ether oxygens (including phenoxy) is 1. The van der Waals surface area contributed by atoms with Crippen LogP contribution in [0.15, 0.2) is 46.6 Å². The Labute approximate surface area is 156 Å². The van der Waals surface area contributed by atoms with Gasteiger partial charge < -0.3 is 15.2 Å². The van der Waals surface area contributed by atoms with Gasteiger partial charge in [0.15, 0.2) is 11.5 Å². The van der Waals surface area contributed by atoms with Crippen molar-refractivity contribution >= 4 is 51.2 Å². The zero-order valence-corrected chi connectivity index (χ0v) is 15.3. The van der Waals surface area contributed by atoms with Crippen LogP contribution < -0.4 is 15.0 Å². The Balaban J connectivity index is 1.99. The van der Waals surface area contributed by atoms with Crippen molar-refractivity contribution in [3.05, 3.63) is 57.2 Å². The summed E-state index contributed by atoms with van der Waals surface area (Å²) in [6.45, 7) is 0. The third-order valence-corrected chi connectivity index (χ3v) is 4.46. The van der Waals surface area contributed by atoms with E-state index in [9.17, 15) is 14.7 Å². The van der Waals surface area contributed by atoms with E-state index in [1.165, 1.54) is 25.3 Å². The van der Waals surface area contributed by atoms with Gasteiger partial charge in [-0.2, -0.15) is 0 Å². The SMILES string of the molecule is COc1cc(/C=C2\NC(=O)N(c3cccc(Cl)c3)C2=O)c(Br)cc1O. The lowest BCUT2D eigenvalue weighted by atomic mass is 10.1. The van der Waals surface area contributed by atoms with Crippen LogP contribution in [0.25, 0.3) is 6.08 Å². The Morgan fingerprint density at radius 3 is 2.72 bits per heavy atom. The molecular weight excluding hydrogens is 412 g/mol.